The zero-order chi connectivity index (χ0) is 20.1. The molecule has 0 saturated heterocycles. The van der Waals surface area contributed by atoms with Gasteiger partial charge in [-0.25, -0.2) is 0 Å². The van der Waals surface area contributed by atoms with Gasteiger partial charge in [-0.1, -0.05) is 30.0 Å². The number of aromatic nitrogens is 4. The molecule has 0 fully saturated rings. The molecular formula is C20H24N6OS. The van der Waals surface area contributed by atoms with E-state index in [-0.39, 0.29) is 11.7 Å². The highest BCUT2D eigenvalue weighted by molar-refractivity contribution is 7.99. The van der Waals surface area contributed by atoms with Crippen molar-refractivity contribution in [3.8, 4) is 5.69 Å². The van der Waals surface area contributed by atoms with Gasteiger partial charge in [-0.2, -0.15) is 4.68 Å². The van der Waals surface area contributed by atoms with Crippen molar-refractivity contribution in [2.75, 3.05) is 24.7 Å². The number of thioether (sulfide) groups is 1. The number of rotatable bonds is 7. The minimum Gasteiger partial charge on any atom is -0.378 e. The molecule has 0 radical (unpaired) electrons. The largest absolute Gasteiger partial charge is 0.378 e. The average Bonchev–Trinajstić information content (AvgIpc) is 3.16. The molecule has 1 aromatic heterocycles. The maximum atomic E-state index is 12.2. The van der Waals surface area contributed by atoms with E-state index in [0.717, 1.165) is 16.9 Å². The predicted molar refractivity (Wildman–Crippen MR) is 112 cm³/mol. The highest BCUT2D eigenvalue weighted by Crippen LogP contribution is 2.20. The van der Waals surface area contributed by atoms with Crippen molar-refractivity contribution in [3.05, 3.63) is 59.2 Å². The summed E-state index contributed by atoms with van der Waals surface area (Å²) in [4.78, 5) is 14.3. The summed E-state index contributed by atoms with van der Waals surface area (Å²) in [5, 5.41) is 15.4. The van der Waals surface area contributed by atoms with Gasteiger partial charge in [0, 0.05) is 26.3 Å². The van der Waals surface area contributed by atoms with Crippen molar-refractivity contribution in [2.45, 2.75) is 25.5 Å². The second-order valence-electron chi connectivity index (χ2n) is 6.77. The molecule has 8 heteroatoms. The number of aryl methyl sites for hydroxylation is 2. The maximum Gasteiger partial charge on any atom is 0.230 e. The molecule has 1 N–H and O–H groups in total. The van der Waals surface area contributed by atoms with Crippen LogP contribution in [-0.4, -0.2) is 46.0 Å². The standard InChI is InChI=1S/C20H24N6OS/c1-14-5-8-18(11-15(14)2)26-20(22-23-24-26)28-13-19(27)21-12-16-6-9-17(10-7-16)25(3)4/h5-11H,12-13H2,1-4H3,(H,21,27). The number of benzene rings is 2. The van der Waals surface area contributed by atoms with Gasteiger partial charge in [-0.3, -0.25) is 4.79 Å². The molecule has 7 nitrogen and oxygen atoms in total. The Labute approximate surface area is 169 Å². The van der Waals surface area contributed by atoms with E-state index in [0.29, 0.717) is 11.7 Å². The summed E-state index contributed by atoms with van der Waals surface area (Å²) in [5.74, 6) is 0.192. The molecule has 2 aromatic carbocycles. The highest BCUT2D eigenvalue weighted by Gasteiger charge is 2.12. The third-order valence-corrected chi connectivity index (χ3v) is 5.37. The Morgan fingerprint density at radius 3 is 2.54 bits per heavy atom. The smallest absolute Gasteiger partial charge is 0.230 e. The van der Waals surface area contributed by atoms with E-state index in [1.807, 2.05) is 61.5 Å². The molecule has 0 saturated carbocycles. The molecule has 0 unspecified atom stereocenters. The molecule has 3 rings (SSSR count). The summed E-state index contributed by atoms with van der Waals surface area (Å²) in [6.45, 7) is 4.61. The van der Waals surface area contributed by atoms with E-state index >= 15 is 0 Å². The molecule has 1 amide bonds. The lowest BCUT2D eigenvalue weighted by Crippen LogP contribution is -2.24. The van der Waals surface area contributed by atoms with Gasteiger partial charge >= 0.3 is 0 Å². The maximum absolute atomic E-state index is 12.2. The van der Waals surface area contributed by atoms with E-state index in [2.05, 4.69) is 34.7 Å². The van der Waals surface area contributed by atoms with E-state index in [1.54, 1.807) is 4.68 Å². The molecule has 28 heavy (non-hydrogen) atoms. The highest BCUT2D eigenvalue weighted by atomic mass is 32.2. The van der Waals surface area contributed by atoms with Crippen molar-refractivity contribution in [3.63, 3.8) is 0 Å². The van der Waals surface area contributed by atoms with Crippen LogP contribution in [0.5, 0.6) is 0 Å². The molecule has 0 bridgehead atoms. The lowest BCUT2D eigenvalue weighted by molar-refractivity contribution is -0.118. The summed E-state index contributed by atoms with van der Waals surface area (Å²) in [6.07, 6.45) is 0. The fourth-order valence-corrected chi connectivity index (χ4v) is 3.30. The molecular weight excluding hydrogens is 372 g/mol. The van der Waals surface area contributed by atoms with Gasteiger partial charge in [-0.05, 0) is 65.2 Å². The van der Waals surface area contributed by atoms with Crippen LogP contribution in [-0.2, 0) is 11.3 Å². The monoisotopic (exact) mass is 396 g/mol. The Balaban J connectivity index is 1.55. The zero-order valence-corrected chi connectivity index (χ0v) is 17.3. The average molecular weight is 397 g/mol. The van der Waals surface area contributed by atoms with Crippen LogP contribution in [0.1, 0.15) is 16.7 Å². The normalized spacial score (nSPS) is 10.7. The summed E-state index contributed by atoms with van der Waals surface area (Å²) < 4.78 is 1.66. The fraction of sp³-hybridized carbons (Fsp3) is 0.300. The van der Waals surface area contributed by atoms with Crippen molar-refractivity contribution in [2.24, 2.45) is 0 Å². The van der Waals surface area contributed by atoms with Crippen LogP contribution in [0, 0.1) is 13.8 Å². The first-order chi connectivity index (χ1) is 13.4. The Kier molecular flexibility index (Phi) is 6.30. The topological polar surface area (TPSA) is 75.9 Å². The van der Waals surface area contributed by atoms with Crippen LogP contribution in [0.25, 0.3) is 5.69 Å². The van der Waals surface area contributed by atoms with Crippen molar-refractivity contribution in [1.82, 2.24) is 25.5 Å². The second kappa shape index (κ2) is 8.88. The quantitative estimate of drug-likeness (QED) is 0.619. The Hall–Kier alpha value is -2.87. The van der Waals surface area contributed by atoms with E-state index in [1.165, 1.54) is 22.9 Å². The van der Waals surface area contributed by atoms with Gasteiger partial charge in [0.1, 0.15) is 0 Å². The van der Waals surface area contributed by atoms with Gasteiger partial charge < -0.3 is 10.2 Å². The number of tetrazole rings is 1. The number of carbonyl (C=O) groups excluding carboxylic acids is 1. The van der Waals surface area contributed by atoms with Crippen LogP contribution in [0.15, 0.2) is 47.6 Å². The van der Waals surface area contributed by atoms with E-state index in [9.17, 15) is 4.79 Å². The van der Waals surface area contributed by atoms with Crippen LogP contribution in [0.4, 0.5) is 5.69 Å². The Bertz CT molecular complexity index is 952. The van der Waals surface area contributed by atoms with Gasteiger partial charge in [0.25, 0.3) is 0 Å². The zero-order valence-electron chi connectivity index (χ0n) is 16.5. The molecule has 0 atom stereocenters. The Morgan fingerprint density at radius 2 is 1.86 bits per heavy atom. The van der Waals surface area contributed by atoms with E-state index < -0.39 is 0 Å². The van der Waals surface area contributed by atoms with Crippen LogP contribution in [0.2, 0.25) is 0 Å². The summed E-state index contributed by atoms with van der Waals surface area (Å²) in [5.41, 5.74) is 5.45. The lowest BCUT2D eigenvalue weighted by Gasteiger charge is -2.13. The number of hydrogen-bond donors (Lipinski definition) is 1. The van der Waals surface area contributed by atoms with Gasteiger partial charge in [0.15, 0.2) is 0 Å². The minimum absolute atomic E-state index is 0.0590. The van der Waals surface area contributed by atoms with Crippen molar-refractivity contribution in [1.29, 1.82) is 0 Å². The van der Waals surface area contributed by atoms with Crippen LogP contribution >= 0.6 is 11.8 Å². The van der Waals surface area contributed by atoms with Crippen LogP contribution in [0.3, 0.4) is 0 Å². The number of carbonyl (C=O) groups is 1. The SMILES string of the molecule is Cc1ccc(-n2nnnc2SCC(=O)NCc2ccc(N(C)C)cc2)cc1C. The number of nitrogens with zero attached hydrogens (tertiary/aromatic N) is 5. The third-order valence-electron chi connectivity index (χ3n) is 4.45. The third kappa shape index (κ3) is 4.89. The van der Waals surface area contributed by atoms with E-state index in [4.69, 9.17) is 0 Å². The number of anilines is 1. The minimum atomic E-state index is -0.0590. The molecule has 0 aliphatic rings. The molecule has 1 heterocycles. The molecule has 3 aromatic rings. The first-order valence-corrected chi connectivity index (χ1v) is 9.94. The second-order valence-corrected chi connectivity index (χ2v) is 7.71. The van der Waals surface area contributed by atoms with Gasteiger partial charge in [0.2, 0.25) is 11.1 Å². The Morgan fingerprint density at radius 1 is 1.11 bits per heavy atom. The summed E-state index contributed by atoms with van der Waals surface area (Å²) >= 11 is 1.32. The number of amides is 1. The predicted octanol–water partition coefficient (Wildman–Crippen LogP) is 2.75. The molecule has 0 aliphatic carbocycles. The first kappa shape index (κ1) is 19.9. The number of nitrogens with one attached hydrogen (secondary N) is 1. The van der Waals surface area contributed by atoms with Crippen LogP contribution < -0.4 is 10.2 Å². The van der Waals surface area contributed by atoms with Crippen molar-refractivity contribution >= 4 is 23.4 Å². The fourth-order valence-electron chi connectivity index (χ4n) is 2.58. The lowest BCUT2D eigenvalue weighted by atomic mass is 10.1. The van der Waals surface area contributed by atoms with Crippen molar-refractivity contribution < 1.29 is 4.79 Å². The first-order valence-electron chi connectivity index (χ1n) is 8.96. The number of hydrogen-bond acceptors (Lipinski definition) is 6. The summed E-state index contributed by atoms with van der Waals surface area (Å²) in [6, 6.07) is 14.1. The summed E-state index contributed by atoms with van der Waals surface area (Å²) in [7, 11) is 4.00. The van der Waals surface area contributed by atoms with Gasteiger partial charge in [0.05, 0.1) is 11.4 Å². The molecule has 146 valence electrons. The van der Waals surface area contributed by atoms with Gasteiger partial charge in [-0.15, -0.1) is 5.10 Å². The molecule has 0 aliphatic heterocycles. The molecule has 0 spiro atoms.